The summed E-state index contributed by atoms with van der Waals surface area (Å²) in [5, 5.41) is 4.16. The number of hydrogen-bond acceptors (Lipinski definition) is 3. The van der Waals surface area contributed by atoms with Gasteiger partial charge in [0.25, 0.3) is 0 Å². The number of benzene rings is 1. The maximum absolute atomic E-state index is 5.77. The molecule has 1 aliphatic heterocycles. The first kappa shape index (κ1) is 11.6. The molecule has 0 aromatic heterocycles. The number of fused-ring (bicyclic) bond motifs is 1. The first-order valence-corrected chi connectivity index (χ1v) is 6.85. The van der Waals surface area contributed by atoms with Crippen molar-refractivity contribution in [1.82, 2.24) is 0 Å². The molecule has 0 radical (unpaired) electrons. The predicted molar refractivity (Wildman–Crippen MR) is 70.7 cm³/mol. The van der Waals surface area contributed by atoms with Crippen LogP contribution in [0.25, 0.3) is 0 Å². The molecule has 0 saturated carbocycles. The van der Waals surface area contributed by atoms with Crippen molar-refractivity contribution < 1.29 is 4.74 Å². The third kappa shape index (κ3) is 2.64. The molecule has 1 heterocycles. The van der Waals surface area contributed by atoms with Gasteiger partial charge in [0.15, 0.2) is 0 Å². The van der Waals surface area contributed by atoms with E-state index in [0.29, 0.717) is 5.25 Å². The van der Waals surface area contributed by atoms with Crippen LogP contribution in [0.1, 0.15) is 26.7 Å². The van der Waals surface area contributed by atoms with Gasteiger partial charge in [-0.05, 0) is 25.0 Å². The van der Waals surface area contributed by atoms with E-state index in [9.17, 15) is 0 Å². The molecule has 1 aliphatic rings. The molecule has 0 amide bonds. The summed E-state index contributed by atoms with van der Waals surface area (Å²) in [5.41, 5.74) is 1.19. The fourth-order valence-electron chi connectivity index (χ4n) is 1.79. The Labute approximate surface area is 102 Å². The quantitative estimate of drug-likeness (QED) is 0.864. The second kappa shape index (κ2) is 5.48. The molecule has 88 valence electrons. The van der Waals surface area contributed by atoms with E-state index in [-0.39, 0.29) is 0 Å². The van der Waals surface area contributed by atoms with Gasteiger partial charge in [0.1, 0.15) is 5.75 Å². The van der Waals surface area contributed by atoms with Crippen LogP contribution >= 0.6 is 11.8 Å². The second-order valence-electron chi connectivity index (χ2n) is 4.12. The smallest absolute Gasteiger partial charge is 0.143 e. The number of thioether (sulfide) groups is 1. The molecule has 2 rings (SSSR count). The van der Waals surface area contributed by atoms with Crippen molar-refractivity contribution in [3.8, 4) is 5.75 Å². The second-order valence-corrected chi connectivity index (χ2v) is 5.60. The average molecular weight is 237 g/mol. The van der Waals surface area contributed by atoms with E-state index in [2.05, 4.69) is 37.4 Å². The zero-order valence-electron chi connectivity index (χ0n) is 9.95. The predicted octanol–water partition coefficient (Wildman–Crippen LogP) is 3.77. The highest BCUT2D eigenvalue weighted by Crippen LogP contribution is 2.40. The molecule has 1 aromatic carbocycles. The summed E-state index contributed by atoms with van der Waals surface area (Å²) in [4.78, 5) is 1.32. The number of para-hydroxylation sites is 1. The molecule has 1 aromatic rings. The number of ether oxygens (including phenoxy) is 1. The fourth-order valence-corrected chi connectivity index (χ4v) is 2.91. The summed E-state index contributed by atoms with van der Waals surface area (Å²) in [5.74, 6) is 1.00. The van der Waals surface area contributed by atoms with Gasteiger partial charge in [-0.2, -0.15) is 0 Å². The standard InChI is InChI=1S/C13H19NOS/c1-3-9-15-11-5-4-6-12-13(11)14-8-7-10(2)16-12/h4-6,10,14H,3,7-9H2,1-2H3. The van der Waals surface area contributed by atoms with Gasteiger partial charge in [0, 0.05) is 16.7 Å². The Hall–Kier alpha value is -0.830. The van der Waals surface area contributed by atoms with Gasteiger partial charge >= 0.3 is 0 Å². The highest BCUT2D eigenvalue weighted by molar-refractivity contribution is 8.00. The van der Waals surface area contributed by atoms with E-state index >= 15 is 0 Å². The van der Waals surface area contributed by atoms with Crippen LogP contribution in [0.4, 0.5) is 5.69 Å². The lowest BCUT2D eigenvalue weighted by molar-refractivity contribution is 0.318. The first-order chi connectivity index (χ1) is 7.81. The summed E-state index contributed by atoms with van der Waals surface area (Å²) < 4.78 is 5.77. The fraction of sp³-hybridized carbons (Fsp3) is 0.538. The first-order valence-electron chi connectivity index (χ1n) is 5.97. The van der Waals surface area contributed by atoms with E-state index in [4.69, 9.17) is 4.74 Å². The normalized spacial score (nSPS) is 19.5. The highest BCUT2D eigenvalue weighted by atomic mass is 32.2. The van der Waals surface area contributed by atoms with Crippen LogP contribution in [-0.4, -0.2) is 18.4 Å². The number of hydrogen-bond donors (Lipinski definition) is 1. The van der Waals surface area contributed by atoms with Gasteiger partial charge in [-0.3, -0.25) is 0 Å². The maximum atomic E-state index is 5.77. The van der Waals surface area contributed by atoms with Crippen molar-refractivity contribution >= 4 is 17.4 Å². The Morgan fingerprint density at radius 3 is 3.19 bits per heavy atom. The molecule has 0 fully saturated rings. The topological polar surface area (TPSA) is 21.3 Å². The van der Waals surface area contributed by atoms with E-state index in [1.165, 1.54) is 17.0 Å². The van der Waals surface area contributed by atoms with Crippen LogP contribution in [-0.2, 0) is 0 Å². The van der Waals surface area contributed by atoms with Crippen molar-refractivity contribution in [3.05, 3.63) is 18.2 Å². The van der Waals surface area contributed by atoms with Crippen molar-refractivity contribution in [2.24, 2.45) is 0 Å². The van der Waals surface area contributed by atoms with Gasteiger partial charge in [-0.1, -0.05) is 19.9 Å². The lowest BCUT2D eigenvalue weighted by atomic mass is 10.2. The monoisotopic (exact) mass is 237 g/mol. The van der Waals surface area contributed by atoms with E-state index in [0.717, 1.165) is 25.3 Å². The Morgan fingerprint density at radius 2 is 2.38 bits per heavy atom. The van der Waals surface area contributed by atoms with Crippen LogP contribution in [0.5, 0.6) is 5.75 Å². The third-order valence-electron chi connectivity index (χ3n) is 2.63. The van der Waals surface area contributed by atoms with E-state index in [1.54, 1.807) is 0 Å². The molecule has 0 aliphatic carbocycles. The van der Waals surface area contributed by atoms with Gasteiger partial charge in [0.2, 0.25) is 0 Å². The molecule has 0 saturated heterocycles. The van der Waals surface area contributed by atoms with Crippen LogP contribution in [0.2, 0.25) is 0 Å². The number of anilines is 1. The number of rotatable bonds is 3. The molecule has 0 spiro atoms. The molecule has 16 heavy (non-hydrogen) atoms. The van der Waals surface area contributed by atoms with Crippen molar-refractivity contribution in [3.63, 3.8) is 0 Å². The summed E-state index contributed by atoms with van der Waals surface area (Å²) in [6.07, 6.45) is 2.25. The lowest BCUT2D eigenvalue weighted by Crippen LogP contribution is -2.05. The Morgan fingerprint density at radius 1 is 1.50 bits per heavy atom. The SMILES string of the molecule is CCCOc1cccc2c1NCCC(C)S2. The zero-order valence-corrected chi connectivity index (χ0v) is 10.8. The summed E-state index contributed by atoms with van der Waals surface area (Å²) in [7, 11) is 0. The molecule has 3 heteroatoms. The summed E-state index contributed by atoms with van der Waals surface area (Å²) in [6, 6.07) is 6.31. The molecular formula is C13H19NOS. The Balaban J connectivity index is 2.24. The maximum Gasteiger partial charge on any atom is 0.143 e. The summed E-state index contributed by atoms with van der Waals surface area (Å²) >= 11 is 1.94. The van der Waals surface area contributed by atoms with Gasteiger partial charge < -0.3 is 10.1 Å². The van der Waals surface area contributed by atoms with Crippen LogP contribution in [0, 0.1) is 0 Å². The van der Waals surface area contributed by atoms with Crippen LogP contribution in [0.3, 0.4) is 0 Å². The third-order valence-corrected chi connectivity index (χ3v) is 3.86. The van der Waals surface area contributed by atoms with E-state index in [1.807, 2.05) is 11.8 Å². The molecule has 1 atom stereocenters. The average Bonchev–Trinajstić information content (AvgIpc) is 2.47. The minimum atomic E-state index is 0.676. The molecule has 1 N–H and O–H groups in total. The minimum absolute atomic E-state index is 0.676. The van der Waals surface area contributed by atoms with Gasteiger partial charge in [-0.25, -0.2) is 0 Å². The largest absolute Gasteiger partial charge is 0.491 e. The molecule has 1 unspecified atom stereocenters. The molecular weight excluding hydrogens is 218 g/mol. The van der Waals surface area contributed by atoms with Crippen molar-refractivity contribution in [2.45, 2.75) is 36.8 Å². The van der Waals surface area contributed by atoms with Gasteiger partial charge in [0.05, 0.1) is 12.3 Å². The molecule has 2 nitrogen and oxygen atoms in total. The summed E-state index contributed by atoms with van der Waals surface area (Å²) in [6.45, 7) is 6.24. The van der Waals surface area contributed by atoms with Gasteiger partial charge in [-0.15, -0.1) is 11.8 Å². The number of nitrogens with one attached hydrogen (secondary N) is 1. The van der Waals surface area contributed by atoms with Crippen molar-refractivity contribution in [1.29, 1.82) is 0 Å². The minimum Gasteiger partial charge on any atom is -0.491 e. The Kier molecular flexibility index (Phi) is 3.99. The van der Waals surface area contributed by atoms with Crippen LogP contribution < -0.4 is 10.1 Å². The highest BCUT2D eigenvalue weighted by Gasteiger charge is 2.16. The van der Waals surface area contributed by atoms with Crippen LogP contribution in [0.15, 0.2) is 23.1 Å². The zero-order chi connectivity index (χ0) is 11.4. The Bertz CT molecular complexity index is 354. The lowest BCUT2D eigenvalue weighted by Gasteiger charge is -2.13. The molecule has 0 bridgehead atoms. The van der Waals surface area contributed by atoms with E-state index < -0.39 is 0 Å². The van der Waals surface area contributed by atoms with Crippen molar-refractivity contribution in [2.75, 3.05) is 18.5 Å².